The van der Waals surface area contributed by atoms with E-state index in [1.54, 1.807) is 37.6 Å². The van der Waals surface area contributed by atoms with E-state index in [-0.39, 0.29) is 6.61 Å². The molecule has 2 heterocycles. The van der Waals surface area contributed by atoms with Gasteiger partial charge in [0.05, 0.1) is 19.2 Å². The molecule has 0 amide bonds. The van der Waals surface area contributed by atoms with Gasteiger partial charge in [0.2, 0.25) is 5.95 Å². The number of methoxy groups -OCH3 is 1. The van der Waals surface area contributed by atoms with Crippen molar-refractivity contribution in [1.82, 2.24) is 15.0 Å². The molecule has 0 radical (unpaired) electrons. The van der Waals surface area contributed by atoms with E-state index in [1.165, 1.54) is 0 Å². The van der Waals surface area contributed by atoms with Crippen molar-refractivity contribution in [3.63, 3.8) is 0 Å². The number of aromatic amines is 1. The normalized spacial score (nSPS) is 11.0. The molecule has 0 atom stereocenters. The maximum Gasteiger partial charge on any atom is 0.490 e. The monoisotopic (exact) mass is 521 g/mol. The van der Waals surface area contributed by atoms with Crippen LogP contribution in [0.2, 0.25) is 0 Å². The second-order valence-electron chi connectivity index (χ2n) is 7.64. The molecule has 0 bridgehead atoms. The first-order valence-corrected chi connectivity index (χ1v) is 10.5. The van der Waals surface area contributed by atoms with Crippen molar-refractivity contribution < 1.29 is 37.3 Å². The van der Waals surface area contributed by atoms with E-state index in [0.717, 1.165) is 28.1 Å². The van der Waals surface area contributed by atoms with Crippen molar-refractivity contribution in [3.8, 4) is 5.75 Å². The van der Waals surface area contributed by atoms with Gasteiger partial charge in [-0.15, -0.1) is 0 Å². The minimum atomic E-state index is -5.08. The van der Waals surface area contributed by atoms with E-state index in [4.69, 9.17) is 19.1 Å². The van der Waals surface area contributed by atoms with Crippen LogP contribution in [0.4, 0.5) is 36.3 Å². The number of aliphatic hydroxyl groups excluding tert-OH is 1. The number of benzene rings is 2. The highest BCUT2D eigenvalue weighted by Crippen LogP contribution is 2.29. The topological polar surface area (TPSA) is 163 Å². The fourth-order valence-electron chi connectivity index (χ4n) is 3.17. The molecule has 0 aliphatic rings. The number of carboxylic acids is 1. The number of halogens is 3. The molecular weight excluding hydrogens is 499 g/mol. The summed E-state index contributed by atoms with van der Waals surface area (Å²) in [5.74, 6) is -1.64. The van der Waals surface area contributed by atoms with E-state index < -0.39 is 17.9 Å². The number of alkyl halides is 3. The van der Waals surface area contributed by atoms with E-state index >= 15 is 0 Å². The van der Waals surface area contributed by atoms with Crippen molar-refractivity contribution >= 4 is 40.2 Å². The zero-order valence-electron chi connectivity index (χ0n) is 19.7. The third kappa shape index (κ3) is 6.76. The van der Waals surface area contributed by atoms with Crippen LogP contribution in [-0.2, 0) is 11.4 Å². The standard InChI is InChI=1S/C21H21N5O4.C2HF3O2/c1-11-6-14(8-18(29-3)15(11)10-27)24-20-22-9-12(2)19(26-20)23-13-4-5-17-16(7-13)25-21(28)30-17;3-2(4,5)1(6)7/h4-9,27H,10H2,1-3H3,(H,25,28)(H2,22,23,24,26);(H,6,7). The third-order valence-corrected chi connectivity index (χ3v) is 4.96. The molecule has 0 fully saturated rings. The molecule has 5 N–H and O–H groups in total. The van der Waals surface area contributed by atoms with Crippen LogP contribution in [0, 0.1) is 13.8 Å². The van der Waals surface area contributed by atoms with Gasteiger partial charge in [0, 0.05) is 34.8 Å². The van der Waals surface area contributed by atoms with Crippen LogP contribution in [0.3, 0.4) is 0 Å². The predicted octanol–water partition coefficient (Wildman–Crippen LogP) is 4.15. The number of aromatic nitrogens is 3. The predicted molar refractivity (Wildman–Crippen MR) is 128 cm³/mol. The summed E-state index contributed by atoms with van der Waals surface area (Å²) >= 11 is 0. The van der Waals surface area contributed by atoms with Crippen LogP contribution in [0.5, 0.6) is 5.75 Å². The zero-order chi connectivity index (χ0) is 27.3. The minimum Gasteiger partial charge on any atom is -0.496 e. The second kappa shape index (κ2) is 11.0. The molecule has 11 nitrogen and oxygen atoms in total. The van der Waals surface area contributed by atoms with Crippen molar-refractivity contribution in [3.05, 3.63) is 63.8 Å². The van der Waals surface area contributed by atoms with Gasteiger partial charge in [0.1, 0.15) is 11.6 Å². The summed E-state index contributed by atoms with van der Waals surface area (Å²) < 4.78 is 42.1. The Balaban J connectivity index is 0.000000479. The van der Waals surface area contributed by atoms with Crippen LogP contribution in [0.25, 0.3) is 11.1 Å². The Kier molecular flexibility index (Phi) is 8.02. The number of ether oxygens (including phenoxy) is 1. The SMILES string of the molecule is COc1cc(Nc2ncc(C)c(Nc3ccc4oc(=O)[nH]c4c3)n2)cc(C)c1CO.O=C(O)C(F)(F)F. The molecule has 37 heavy (non-hydrogen) atoms. The van der Waals surface area contributed by atoms with Crippen LogP contribution in [0.15, 0.2) is 45.7 Å². The number of hydrogen-bond acceptors (Lipinski definition) is 9. The molecule has 0 saturated heterocycles. The lowest BCUT2D eigenvalue weighted by Crippen LogP contribution is -2.21. The highest BCUT2D eigenvalue weighted by molar-refractivity contribution is 5.78. The highest BCUT2D eigenvalue weighted by Gasteiger charge is 2.38. The van der Waals surface area contributed by atoms with Crippen LogP contribution in [-0.4, -0.2) is 44.4 Å². The average Bonchev–Trinajstić information content (AvgIpc) is 3.20. The Labute approximate surface area is 206 Å². The molecular formula is C23H22F3N5O6. The summed E-state index contributed by atoms with van der Waals surface area (Å²) in [6.07, 6.45) is -3.37. The smallest absolute Gasteiger partial charge is 0.490 e. The number of hydrogen-bond donors (Lipinski definition) is 5. The van der Waals surface area contributed by atoms with E-state index in [2.05, 4.69) is 25.6 Å². The molecule has 4 aromatic rings. The summed E-state index contributed by atoms with van der Waals surface area (Å²) in [4.78, 5) is 31.8. The van der Waals surface area contributed by atoms with Gasteiger partial charge in [-0.1, -0.05) is 0 Å². The van der Waals surface area contributed by atoms with Crippen molar-refractivity contribution in [2.75, 3.05) is 17.7 Å². The Morgan fingerprint density at radius 3 is 2.46 bits per heavy atom. The van der Waals surface area contributed by atoms with Gasteiger partial charge in [-0.2, -0.15) is 18.2 Å². The molecule has 0 saturated carbocycles. The first-order chi connectivity index (χ1) is 17.4. The quantitative estimate of drug-likeness (QED) is 0.249. The number of oxazole rings is 1. The molecule has 14 heteroatoms. The Morgan fingerprint density at radius 1 is 1.14 bits per heavy atom. The number of aliphatic hydroxyl groups is 1. The number of nitrogens with one attached hydrogen (secondary N) is 3. The summed E-state index contributed by atoms with van der Waals surface area (Å²) in [7, 11) is 1.56. The summed E-state index contributed by atoms with van der Waals surface area (Å²) in [6, 6.07) is 8.97. The van der Waals surface area contributed by atoms with E-state index in [1.807, 2.05) is 19.9 Å². The van der Waals surface area contributed by atoms with Gasteiger partial charge in [-0.25, -0.2) is 14.6 Å². The van der Waals surface area contributed by atoms with E-state index in [9.17, 15) is 23.1 Å². The molecule has 4 rings (SSSR count). The van der Waals surface area contributed by atoms with Crippen molar-refractivity contribution in [2.45, 2.75) is 26.6 Å². The van der Waals surface area contributed by atoms with Crippen molar-refractivity contribution in [1.29, 1.82) is 0 Å². The number of H-pyrrole nitrogens is 1. The van der Waals surface area contributed by atoms with Gasteiger partial charge in [0.15, 0.2) is 5.58 Å². The molecule has 0 aliphatic carbocycles. The molecule has 0 unspecified atom stereocenters. The second-order valence-corrected chi connectivity index (χ2v) is 7.64. The van der Waals surface area contributed by atoms with Gasteiger partial charge in [-0.3, -0.25) is 4.98 Å². The number of carboxylic acid groups (broad SMARTS) is 1. The number of anilines is 4. The Morgan fingerprint density at radius 2 is 1.84 bits per heavy atom. The molecule has 2 aromatic heterocycles. The lowest BCUT2D eigenvalue weighted by molar-refractivity contribution is -0.192. The van der Waals surface area contributed by atoms with Gasteiger partial charge in [0.25, 0.3) is 0 Å². The fourth-order valence-corrected chi connectivity index (χ4v) is 3.17. The maximum absolute atomic E-state index is 11.3. The molecule has 2 aromatic carbocycles. The largest absolute Gasteiger partial charge is 0.496 e. The summed E-state index contributed by atoms with van der Waals surface area (Å²) in [5.41, 5.74) is 5.07. The lowest BCUT2D eigenvalue weighted by Gasteiger charge is -2.14. The maximum atomic E-state index is 11.3. The molecule has 0 aliphatic heterocycles. The number of fused-ring (bicyclic) bond motifs is 1. The average molecular weight is 521 g/mol. The first kappa shape index (κ1) is 27.0. The fraction of sp³-hybridized carbons (Fsp3) is 0.217. The van der Waals surface area contributed by atoms with E-state index in [0.29, 0.717) is 28.6 Å². The number of aryl methyl sites for hydroxylation is 2. The van der Waals surface area contributed by atoms with Crippen molar-refractivity contribution in [2.24, 2.45) is 0 Å². The highest BCUT2D eigenvalue weighted by atomic mass is 19.4. The molecule has 0 spiro atoms. The van der Waals surface area contributed by atoms with Crippen LogP contribution < -0.4 is 21.1 Å². The first-order valence-electron chi connectivity index (χ1n) is 10.5. The van der Waals surface area contributed by atoms with Gasteiger partial charge < -0.3 is 30.0 Å². The number of aliphatic carboxylic acids is 1. The van der Waals surface area contributed by atoms with Gasteiger partial charge in [-0.05, 0) is 43.7 Å². The zero-order valence-corrected chi connectivity index (χ0v) is 19.7. The Bertz CT molecular complexity index is 1480. The molecule has 196 valence electrons. The Hall–Kier alpha value is -4.59. The van der Waals surface area contributed by atoms with Crippen LogP contribution >= 0.6 is 0 Å². The lowest BCUT2D eigenvalue weighted by atomic mass is 10.1. The number of nitrogens with zero attached hydrogens (tertiary/aromatic N) is 2. The minimum absolute atomic E-state index is 0.101. The third-order valence-electron chi connectivity index (χ3n) is 4.96. The van der Waals surface area contributed by atoms with Crippen LogP contribution in [0.1, 0.15) is 16.7 Å². The van der Waals surface area contributed by atoms with Gasteiger partial charge >= 0.3 is 17.9 Å². The summed E-state index contributed by atoms with van der Waals surface area (Å²) in [6.45, 7) is 3.70. The summed E-state index contributed by atoms with van der Waals surface area (Å²) in [5, 5.41) is 23.1. The number of carbonyl (C=O) groups is 1. The number of rotatable bonds is 6.